The first-order valence-corrected chi connectivity index (χ1v) is 4.70. The summed E-state index contributed by atoms with van der Waals surface area (Å²) in [5.41, 5.74) is 7.11. The lowest BCUT2D eigenvalue weighted by Crippen LogP contribution is -1.89. The molecule has 0 saturated heterocycles. The lowest BCUT2D eigenvalue weighted by Gasteiger charge is -1.92. The zero-order valence-corrected chi connectivity index (χ0v) is 8.95. The number of benzene rings is 1. The van der Waals surface area contributed by atoms with Gasteiger partial charge in [0.1, 0.15) is 0 Å². The van der Waals surface area contributed by atoms with Gasteiger partial charge in [0.15, 0.2) is 0 Å². The van der Waals surface area contributed by atoms with Crippen molar-refractivity contribution >= 4 is 27.8 Å². The summed E-state index contributed by atoms with van der Waals surface area (Å²) < 4.78 is 1.05. The first-order valence-electron chi connectivity index (χ1n) is 3.90. The van der Waals surface area contributed by atoms with Crippen molar-refractivity contribution < 1.29 is 0 Å². The van der Waals surface area contributed by atoms with E-state index in [9.17, 15) is 0 Å². The quantitative estimate of drug-likeness (QED) is 0.791. The number of allylic oxidation sites excluding steroid dienone is 2. The number of halogens is 1. The predicted molar refractivity (Wildman–Crippen MR) is 60.2 cm³/mol. The molecule has 0 atom stereocenters. The summed E-state index contributed by atoms with van der Waals surface area (Å²) in [6, 6.07) is 7.76. The smallest absolute Gasteiger partial charge is 0.0630 e. The molecule has 0 radical (unpaired) electrons. The Balaban J connectivity index is 2.70. The van der Waals surface area contributed by atoms with E-state index in [1.54, 1.807) is 12.3 Å². The maximum atomic E-state index is 5.44. The minimum absolute atomic E-state index is 0.751. The van der Waals surface area contributed by atoms with Gasteiger partial charge in [0, 0.05) is 16.4 Å². The Morgan fingerprint density at radius 3 is 2.54 bits per heavy atom. The molecule has 0 aromatic heterocycles. The Kier molecular flexibility index (Phi) is 3.71. The Labute approximate surface area is 86.3 Å². The zero-order chi connectivity index (χ0) is 9.68. The van der Waals surface area contributed by atoms with Gasteiger partial charge in [0.2, 0.25) is 0 Å². The topological polar surface area (TPSA) is 38.4 Å². The summed E-state index contributed by atoms with van der Waals surface area (Å²) in [4.78, 5) is 4.19. The molecule has 3 heteroatoms. The molecule has 2 N–H and O–H groups in total. The Hall–Kier alpha value is -1.09. The molecule has 0 unspecified atom stereocenters. The second kappa shape index (κ2) is 4.82. The number of aliphatic imine (C=N–C) groups is 1. The predicted octanol–water partition coefficient (Wildman–Crippen LogP) is 3.01. The van der Waals surface area contributed by atoms with Crippen LogP contribution in [-0.4, -0.2) is 6.21 Å². The van der Waals surface area contributed by atoms with Crippen LogP contribution in [-0.2, 0) is 0 Å². The second-order valence-electron chi connectivity index (χ2n) is 2.67. The standard InChI is InChI=1S/C10H11BrN2/c1-8(12)6-7-13-10-4-2-9(11)3-5-10/h2-7H,12H2,1H3/b8-6-,13-7?. The van der Waals surface area contributed by atoms with Crippen LogP contribution in [0, 0.1) is 0 Å². The highest BCUT2D eigenvalue weighted by molar-refractivity contribution is 9.10. The molecule has 1 aromatic rings. The zero-order valence-electron chi connectivity index (χ0n) is 7.37. The SMILES string of the molecule is C/C(N)=C/C=Nc1ccc(Br)cc1. The maximum absolute atomic E-state index is 5.44. The highest BCUT2D eigenvalue weighted by Crippen LogP contribution is 2.15. The number of nitrogens with two attached hydrogens (primary N) is 1. The molecule has 0 aliphatic rings. The molecule has 0 bridgehead atoms. The molecule has 1 rings (SSSR count). The van der Waals surface area contributed by atoms with Gasteiger partial charge in [0.05, 0.1) is 5.69 Å². The van der Waals surface area contributed by atoms with Crippen LogP contribution in [0.5, 0.6) is 0 Å². The lowest BCUT2D eigenvalue weighted by atomic mass is 10.3. The number of hydrogen-bond acceptors (Lipinski definition) is 2. The van der Waals surface area contributed by atoms with E-state index in [2.05, 4.69) is 20.9 Å². The third-order valence-electron chi connectivity index (χ3n) is 1.39. The largest absolute Gasteiger partial charge is 0.402 e. The van der Waals surface area contributed by atoms with Crippen molar-refractivity contribution in [3.8, 4) is 0 Å². The van der Waals surface area contributed by atoms with Crippen LogP contribution in [0.1, 0.15) is 6.92 Å². The van der Waals surface area contributed by atoms with Crippen molar-refractivity contribution in [1.82, 2.24) is 0 Å². The van der Waals surface area contributed by atoms with Gasteiger partial charge in [-0.3, -0.25) is 4.99 Å². The monoisotopic (exact) mass is 238 g/mol. The molecular weight excluding hydrogens is 228 g/mol. The van der Waals surface area contributed by atoms with Crippen LogP contribution >= 0.6 is 15.9 Å². The van der Waals surface area contributed by atoms with Gasteiger partial charge in [-0.15, -0.1) is 0 Å². The fourth-order valence-corrected chi connectivity index (χ4v) is 1.03. The van der Waals surface area contributed by atoms with Crippen LogP contribution in [0.15, 0.2) is 45.5 Å². The minimum atomic E-state index is 0.751. The van der Waals surface area contributed by atoms with Gasteiger partial charge in [0.25, 0.3) is 0 Å². The second-order valence-corrected chi connectivity index (χ2v) is 3.58. The van der Waals surface area contributed by atoms with Crippen LogP contribution in [0.3, 0.4) is 0 Å². The molecule has 0 saturated carbocycles. The molecule has 0 heterocycles. The van der Waals surface area contributed by atoms with E-state index in [0.717, 1.165) is 15.9 Å². The molecule has 0 amide bonds. The van der Waals surface area contributed by atoms with E-state index >= 15 is 0 Å². The molecule has 0 aliphatic heterocycles. The highest BCUT2D eigenvalue weighted by Gasteiger charge is 1.86. The van der Waals surface area contributed by atoms with Crippen LogP contribution in [0.2, 0.25) is 0 Å². The van der Waals surface area contributed by atoms with Crippen molar-refractivity contribution in [3.63, 3.8) is 0 Å². The summed E-state index contributed by atoms with van der Waals surface area (Å²) in [7, 11) is 0. The van der Waals surface area contributed by atoms with Gasteiger partial charge < -0.3 is 5.73 Å². The molecule has 1 aromatic carbocycles. The third kappa shape index (κ3) is 3.90. The van der Waals surface area contributed by atoms with Gasteiger partial charge in [-0.1, -0.05) is 15.9 Å². The first-order chi connectivity index (χ1) is 6.18. The third-order valence-corrected chi connectivity index (χ3v) is 1.92. The van der Waals surface area contributed by atoms with Crippen molar-refractivity contribution in [2.45, 2.75) is 6.92 Å². The van der Waals surface area contributed by atoms with Gasteiger partial charge in [-0.25, -0.2) is 0 Å². The summed E-state index contributed by atoms with van der Waals surface area (Å²) >= 11 is 3.35. The molecular formula is C10H11BrN2. The van der Waals surface area contributed by atoms with E-state index in [1.165, 1.54) is 0 Å². The summed E-state index contributed by atoms with van der Waals surface area (Å²) in [5.74, 6) is 0. The molecule has 2 nitrogen and oxygen atoms in total. The molecule has 0 fully saturated rings. The maximum Gasteiger partial charge on any atom is 0.0630 e. The number of nitrogens with zero attached hydrogens (tertiary/aromatic N) is 1. The van der Waals surface area contributed by atoms with Crippen molar-refractivity contribution in [3.05, 3.63) is 40.5 Å². The van der Waals surface area contributed by atoms with E-state index < -0.39 is 0 Å². The van der Waals surface area contributed by atoms with Crippen molar-refractivity contribution in [2.75, 3.05) is 0 Å². The van der Waals surface area contributed by atoms with Crippen molar-refractivity contribution in [2.24, 2.45) is 10.7 Å². The van der Waals surface area contributed by atoms with Gasteiger partial charge >= 0.3 is 0 Å². The fourth-order valence-electron chi connectivity index (χ4n) is 0.768. The normalized spacial score (nSPS) is 12.3. The Morgan fingerprint density at radius 2 is 2.00 bits per heavy atom. The lowest BCUT2D eigenvalue weighted by molar-refractivity contribution is 1.33. The molecule has 68 valence electrons. The van der Waals surface area contributed by atoms with E-state index in [1.807, 2.05) is 31.2 Å². The van der Waals surface area contributed by atoms with Gasteiger partial charge in [-0.05, 0) is 37.3 Å². The van der Waals surface area contributed by atoms with Crippen molar-refractivity contribution in [1.29, 1.82) is 0 Å². The average molecular weight is 239 g/mol. The van der Waals surface area contributed by atoms with Crippen LogP contribution in [0.25, 0.3) is 0 Å². The Bertz CT molecular complexity index is 321. The van der Waals surface area contributed by atoms with E-state index in [-0.39, 0.29) is 0 Å². The number of hydrogen-bond donors (Lipinski definition) is 1. The fraction of sp³-hybridized carbons (Fsp3) is 0.100. The van der Waals surface area contributed by atoms with E-state index in [0.29, 0.717) is 0 Å². The molecule has 0 spiro atoms. The minimum Gasteiger partial charge on any atom is -0.402 e. The Morgan fingerprint density at radius 1 is 1.38 bits per heavy atom. The summed E-state index contributed by atoms with van der Waals surface area (Å²) in [6.07, 6.45) is 3.46. The molecule has 13 heavy (non-hydrogen) atoms. The molecule has 0 aliphatic carbocycles. The van der Waals surface area contributed by atoms with Crippen LogP contribution < -0.4 is 5.73 Å². The highest BCUT2D eigenvalue weighted by atomic mass is 79.9. The van der Waals surface area contributed by atoms with Crippen LogP contribution in [0.4, 0.5) is 5.69 Å². The average Bonchev–Trinajstić information content (AvgIpc) is 2.08. The number of rotatable bonds is 2. The first kappa shape index (κ1) is 9.99. The summed E-state index contributed by atoms with van der Waals surface area (Å²) in [5, 5.41) is 0. The van der Waals surface area contributed by atoms with Gasteiger partial charge in [-0.2, -0.15) is 0 Å². The van der Waals surface area contributed by atoms with E-state index in [4.69, 9.17) is 5.73 Å². The summed E-state index contributed by atoms with van der Waals surface area (Å²) in [6.45, 7) is 1.83.